The topological polar surface area (TPSA) is 24.5 Å². The minimum Gasteiger partial charge on any atom is -0.496 e. The van der Waals surface area contributed by atoms with Crippen LogP contribution in [0, 0.1) is 0 Å². The third-order valence-electron chi connectivity index (χ3n) is 3.78. The molecule has 2 atom stereocenters. The molecule has 2 rings (SSSR count). The summed E-state index contributed by atoms with van der Waals surface area (Å²) in [4.78, 5) is 2.47. The van der Waals surface area contributed by atoms with Crippen LogP contribution in [0.25, 0.3) is 0 Å². The summed E-state index contributed by atoms with van der Waals surface area (Å²) < 4.78 is 5.40. The number of nitrogens with one attached hydrogen (secondary N) is 1. The highest BCUT2D eigenvalue weighted by Gasteiger charge is 2.24. The molecule has 4 heteroatoms. The van der Waals surface area contributed by atoms with E-state index in [0.717, 1.165) is 36.0 Å². The van der Waals surface area contributed by atoms with Crippen molar-refractivity contribution in [3.63, 3.8) is 0 Å². The van der Waals surface area contributed by atoms with Gasteiger partial charge in [0, 0.05) is 42.3 Å². The highest BCUT2D eigenvalue weighted by atomic mass is 35.5. The Hall–Kier alpha value is -0.770. The maximum absolute atomic E-state index is 6.07. The van der Waals surface area contributed by atoms with Gasteiger partial charge in [-0.3, -0.25) is 4.90 Å². The molecule has 1 aromatic rings. The summed E-state index contributed by atoms with van der Waals surface area (Å²) in [6, 6.07) is 6.84. The summed E-state index contributed by atoms with van der Waals surface area (Å²) in [5.41, 5.74) is 1.16. The van der Waals surface area contributed by atoms with E-state index >= 15 is 0 Å². The number of nitrogens with zero attached hydrogens (tertiary/aromatic N) is 1. The summed E-state index contributed by atoms with van der Waals surface area (Å²) in [5.74, 6) is 0.915. The number of halogens is 1. The Morgan fingerprint density at radius 1 is 1.44 bits per heavy atom. The summed E-state index contributed by atoms with van der Waals surface area (Å²) in [6.07, 6.45) is 0. The van der Waals surface area contributed by atoms with Crippen molar-refractivity contribution in [3.05, 3.63) is 28.8 Å². The molecule has 1 fully saturated rings. The summed E-state index contributed by atoms with van der Waals surface area (Å²) in [7, 11) is 1.70. The Bertz CT molecular complexity index is 411. The molecule has 1 aromatic carbocycles. The van der Waals surface area contributed by atoms with E-state index in [4.69, 9.17) is 16.3 Å². The normalized spacial score (nSPS) is 25.1. The second kappa shape index (κ2) is 5.91. The van der Waals surface area contributed by atoms with Crippen molar-refractivity contribution >= 4 is 11.6 Å². The highest BCUT2D eigenvalue weighted by molar-refractivity contribution is 6.30. The van der Waals surface area contributed by atoms with Gasteiger partial charge in [0.2, 0.25) is 0 Å². The fourth-order valence-electron chi connectivity index (χ4n) is 2.44. The molecular weight excluding hydrogens is 248 g/mol. The van der Waals surface area contributed by atoms with Crippen LogP contribution in [0.15, 0.2) is 18.2 Å². The van der Waals surface area contributed by atoms with Gasteiger partial charge < -0.3 is 10.1 Å². The lowest BCUT2D eigenvalue weighted by molar-refractivity contribution is 0.129. The molecule has 0 saturated carbocycles. The van der Waals surface area contributed by atoms with Gasteiger partial charge in [0.05, 0.1) is 7.11 Å². The Morgan fingerprint density at radius 3 is 2.94 bits per heavy atom. The first kappa shape index (κ1) is 13.7. The largest absolute Gasteiger partial charge is 0.496 e. The quantitative estimate of drug-likeness (QED) is 0.912. The van der Waals surface area contributed by atoms with Gasteiger partial charge >= 0.3 is 0 Å². The number of rotatable bonds is 3. The molecule has 3 nitrogen and oxygen atoms in total. The lowest BCUT2D eigenvalue weighted by Gasteiger charge is -2.38. The van der Waals surface area contributed by atoms with Crippen LogP contribution < -0.4 is 10.1 Å². The fraction of sp³-hybridized carbons (Fsp3) is 0.571. The Balaban J connectivity index is 2.15. The van der Waals surface area contributed by atoms with E-state index in [9.17, 15) is 0 Å². The number of methoxy groups -OCH3 is 1. The number of hydrogen-bond donors (Lipinski definition) is 1. The molecule has 0 radical (unpaired) electrons. The maximum Gasteiger partial charge on any atom is 0.123 e. The molecule has 2 unspecified atom stereocenters. The predicted molar refractivity (Wildman–Crippen MR) is 75.3 cm³/mol. The Morgan fingerprint density at radius 2 is 2.22 bits per heavy atom. The minimum absolute atomic E-state index is 0.516. The van der Waals surface area contributed by atoms with Gasteiger partial charge in [-0.25, -0.2) is 0 Å². The van der Waals surface area contributed by atoms with E-state index < -0.39 is 0 Å². The van der Waals surface area contributed by atoms with Crippen LogP contribution in [-0.4, -0.2) is 37.2 Å². The van der Waals surface area contributed by atoms with Gasteiger partial charge in [0.15, 0.2) is 0 Å². The number of ether oxygens (including phenoxy) is 1. The third-order valence-corrected chi connectivity index (χ3v) is 4.02. The van der Waals surface area contributed by atoms with Gasteiger partial charge in [-0.15, -0.1) is 0 Å². The lowest BCUT2D eigenvalue weighted by atomic mass is 10.1. The van der Waals surface area contributed by atoms with Crippen molar-refractivity contribution < 1.29 is 4.74 Å². The zero-order chi connectivity index (χ0) is 13.1. The maximum atomic E-state index is 6.07. The van der Waals surface area contributed by atoms with Gasteiger partial charge in [0.1, 0.15) is 5.75 Å². The SMILES string of the molecule is COc1ccc(Cl)cc1CN1CCNC(C)C1C. The molecule has 0 aromatic heterocycles. The lowest BCUT2D eigenvalue weighted by Crippen LogP contribution is -2.54. The van der Waals surface area contributed by atoms with Gasteiger partial charge in [-0.1, -0.05) is 11.6 Å². The van der Waals surface area contributed by atoms with Crippen LogP contribution in [-0.2, 0) is 6.54 Å². The second-order valence-corrected chi connectivity index (χ2v) is 5.35. The Kier molecular flexibility index (Phi) is 4.49. The number of benzene rings is 1. The molecule has 1 aliphatic heterocycles. The molecule has 1 heterocycles. The van der Waals surface area contributed by atoms with E-state index in [1.54, 1.807) is 7.11 Å². The molecular formula is C14H21ClN2O. The van der Waals surface area contributed by atoms with Crippen LogP contribution in [0.5, 0.6) is 5.75 Å². The van der Waals surface area contributed by atoms with Crippen molar-refractivity contribution in [2.24, 2.45) is 0 Å². The Labute approximate surface area is 114 Å². The second-order valence-electron chi connectivity index (χ2n) is 4.91. The molecule has 100 valence electrons. The van der Waals surface area contributed by atoms with Crippen molar-refractivity contribution in [2.75, 3.05) is 20.2 Å². The van der Waals surface area contributed by atoms with Crippen LogP contribution in [0.2, 0.25) is 5.02 Å². The van der Waals surface area contributed by atoms with Crippen molar-refractivity contribution in [3.8, 4) is 5.75 Å². The van der Waals surface area contributed by atoms with Crippen LogP contribution in [0.4, 0.5) is 0 Å². The molecule has 18 heavy (non-hydrogen) atoms. The summed E-state index contributed by atoms with van der Waals surface area (Å²) in [6.45, 7) is 7.46. The number of hydrogen-bond acceptors (Lipinski definition) is 3. The van der Waals surface area contributed by atoms with Crippen molar-refractivity contribution in [1.29, 1.82) is 0 Å². The minimum atomic E-state index is 0.516. The van der Waals surface area contributed by atoms with Gasteiger partial charge in [-0.2, -0.15) is 0 Å². The van der Waals surface area contributed by atoms with Crippen LogP contribution >= 0.6 is 11.6 Å². The highest BCUT2D eigenvalue weighted by Crippen LogP contribution is 2.25. The molecule has 1 saturated heterocycles. The van der Waals surface area contributed by atoms with E-state index in [0.29, 0.717) is 12.1 Å². The molecule has 0 spiro atoms. The van der Waals surface area contributed by atoms with Crippen molar-refractivity contribution in [1.82, 2.24) is 10.2 Å². The van der Waals surface area contributed by atoms with Crippen LogP contribution in [0.1, 0.15) is 19.4 Å². The average molecular weight is 269 g/mol. The zero-order valence-electron chi connectivity index (χ0n) is 11.2. The van der Waals surface area contributed by atoms with Gasteiger partial charge in [-0.05, 0) is 32.0 Å². The van der Waals surface area contributed by atoms with Gasteiger partial charge in [0.25, 0.3) is 0 Å². The zero-order valence-corrected chi connectivity index (χ0v) is 12.0. The first-order valence-corrected chi connectivity index (χ1v) is 6.79. The van der Waals surface area contributed by atoms with E-state index in [1.807, 2.05) is 18.2 Å². The fourth-order valence-corrected chi connectivity index (χ4v) is 2.63. The summed E-state index contributed by atoms with van der Waals surface area (Å²) in [5, 5.41) is 4.25. The van der Waals surface area contributed by atoms with Crippen LogP contribution in [0.3, 0.4) is 0 Å². The first-order chi connectivity index (χ1) is 8.61. The monoisotopic (exact) mass is 268 g/mol. The third kappa shape index (κ3) is 2.97. The first-order valence-electron chi connectivity index (χ1n) is 6.41. The van der Waals surface area contributed by atoms with E-state index in [2.05, 4.69) is 24.1 Å². The molecule has 0 bridgehead atoms. The number of piperazine rings is 1. The van der Waals surface area contributed by atoms with E-state index in [-0.39, 0.29) is 0 Å². The average Bonchev–Trinajstić information content (AvgIpc) is 2.35. The predicted octanol–water partition coefficient (Wildman–Crippen LogP) is 2.53. The standard InChI is InChI=1S/C14H21ClN2O/c1-10-11(2)17(7-6-16-10)9-12-8-13(15)4-5-14(12)18-3/h4-5,8,10-11,16H,6-7,9H2,1-3H3. The molecule has 1 aliphatic rings. The van der Waals surface area contributed by atoms with E-state index in [1.165, 1.54) is 0 Å². The molecule has 0 amide bonds. The smallest absolute Gasteiger partial charge is 0.123 e. The van der Waals surface area contributed by atoms with Crippen molar-refractivity contribution in [2.45, 2.75) is 32.5 Å². The summed E-state index contributed by atoms with van der Waals surface area (Å²) >= 11 is 6.07. The molecule has 1 N–H and O–H groups in total. The molecule has 0 aliphatic carbocycles.